The predicted molar refractivity (Wildman–Crippen MR) is 50.7 cm³/mol. The SMILES string of the molecule is [C-]#[N+]Cn1cnc2ccc(N)cc21. The Kier molecular flexibility index (Phi) is 1.64. The molecule has 4 nitrogen and oxygen atoms in total. The van der Waals surface area contributed by atoms with Gasteiger partial charge in [-0.2, -0.15) is 0 Å². The molecule has 0 unspecified atom stereocenters. The highest BCUT2D eigenvalue weighted by Gasteiger charge is 2.02. The van der Waals surface area contributed by atoms with Crippen molar-refractivity contribution >= 4 is 16.7 Å². The van der Waals surface area contributed by atoms with Crippen molar-refractivity contribution in [2.24, 2.45) is 0 Å². The Labute approximate surface area is 75.4 Å². The maximum Gasteiger partial charge on any atom is 0.294 e. The van der Waals surface area contributed by atoms with Gasteiger partial charge in [-0.05, 0) is 18.2 Å². The third kappa shape index (κ3) is 1.20. The van der Waals surface area contributed by atoms with Crippen LogP contribution in [-0.2, 0) is 6.67 Å². The van der Waals surface area contributed by atoms with Crippen LogP contribution in [0, 0.1) is 6.57 Å². The van der Waals surface area contributed by atoms with E-state index in [1.165, 1.54) is 0 Å². The summed E-state index contributed by atoms with van der Waals surface area (Å²) in [7, 11) is 0. The third-order valence-electron chi connectivity index (χ3n) is 1.87. The van der Waals surface area contributed by atoms with Crippen LogP contribution in [0.2, 0.25) is 0 Å². The van der Waals surface area contributed by atoms with E-state index in [-0.39, 0.29) is 0 Å². The minimum atomic E-state index is 0.292. The summed E-state index contributed by atoms with van der Waals surface area (Å²) in [4.78, 5) is 7.43. The van der Waals surface area contributed by atoms with Crippen molar-refractivity contribution in [2.75, 3.05) is 5.73 Å². The Morgan fingerprint density at radius 1 is 1.54 bits per heavy atom. The molecule has 0 atom stereocenters. The standard InChI is InChI=1S/C9H8N4/c1-11-5-13-6-12-8-3-2-7(10)4-9(8)13/h2-4,6H,5,10H2. The van der Waals surface area contributed by atoms with Crippen molar-refractivity contribution in [2.45, 2.75) is 6.67 Å². The molecule has 2 N–H and O–H groups in total. The fraction of sp³-hybridized carbons (Fsp3) is 0.111. The van der Waals surface area contributed by atoms with Crippen molar-refractivity contribution in [3.8, 4) is 0 Å². The van der Waals surface area contributed by atoms with Gasteiger partial charge in [0.15, 0.2) is 0 Å². The highest BCUT2D eigenvalue weighted by Crippen LogP contribution is 2.15. The summed E-state index contributed by atoms with van der Waals surface area (Å²) in [6.45, 7) is 7.04. The van der Waals surface area contributed by atoms with E-state index in [0.29, 0.717) is 12.4 Å². The van der Waals surface area contributed by atoms with Crippen LogP contribution in [0.3, 0.4) is 0 Å². The van der Waals surface area contributed by atoms with E-state index < -0.39 is 0 Å². The lowest BCUT2D eigenvalue weighted by atomic mass is 10.3. The van der Waals surface area contributed by atoms with Crippen molar-refractivity contribution in [3.63, 3.8) is 0 Å². The summed E-state index contributed by atoms with van der Waals surface area (Å²) in [6.07, 6.45) is 1.65. The smallest absolute Gasteiger partial charge is 0.294 e. The second kappa shape index (κ2) is 2.79. The number of rotatable bonds is 1. The average molecular weight is 172 g/mol. The normalized spacial score (nSPS) is 10.1. The van der Waals surface area contributed by atoms with E-state index >= 15 is 0 Å². The molecule has 0 bridgehead atoms. The van der Waals surface area contributed by atoms with Gasteiger partial charge in [-0.25, -0.2) is 11.6 Å². The largest absolute Gasteiger partial charge is 0.399 e. The van der Waals surface area contributed by atoms with Crippen LogP contribution in [0.5, 0.6) is 0 Å². The lowest BCUT2D eigenvalue weighted by molar-refractivity contribution is 0.846. The zero-order valence-corrected chi connectivity index (χ0v) is 6.94. The highest BCUT2D eigenvalue weighted by atomic mass is 15.1. The molecule has 1 heterocycles. The molecule has 0 spiro atoms. The van der Waals surface area contributed by atoms with Gasteiger partial charge in [-0.3, -0.25) is 9.41 Å². The maximum absolute atomic E-state index is 6.75. The van der Waals surface area contributed by atoms with E-state index in [9.17, 15) is 0 Å². The first-order valence-electron chi connectivity index (χ1n) is 3.85. The maximum atomic E-state index is 6.75. The van der Waals surface area contributed by atoms with E-state index in [1.807, 2.05) is 12.1 Å². The van der Waals surface area contributed by atoms with Gasteiger partial charge in [0.1, 0.15) is 6.33 Å². The summed E-state index contributed by atoms with van der Waals surface area (Å²) in [6, 6.07) is 5.48. The molecule has 64 valence electrons. The summed E-state index contributed by atoms with van der Waals surface area (Å²) in [5.41, 5.74) is 8.11. The molecule has 0 aliphatic carbocycles. The van der Waals surface area contributed by atoms with Crippen LogP contribution in [0.15, 0.2) is 24.5 Å². The zero-order valence-electron chi connectivity index (χ0n) is 6.94. The minimum Gasteiger partial charge on any atom is -0.399 e. The molecule has 0 radical (unpaired) electrons. The van der Waals surface area contributed by atoms with Crippen molar-refractivity contribution in [1.82, 2.24) is 9.55 Å². The van der Waals surface area contributed by atoms with Gasteiger partial charge in [0.2, 0.25) is 0 Å². The molecule has 2 aromatic rings. The van der Waals surface area contributed by atoms with Crippen LogP contribution in [-0.4, -0.2) is 9.55 Å². The first-order chi connectivity index (χ1) is 6.31. The molecule has 4 heteroatoms. The fourth-order valence-electron chi connectivity index (χ4n) is 1.26. The van der Waals surface area contributed by atoms with E-state index in [1.54, 1.807) is 17.0 Å². The minimum absolute atomic E-state index is 0.292. The Hall–Kier alpha value is -2.02. The van der Waals surface area contributed by atoms with Crippen LogP contribution in [0.1, 0.15) is 0 Å². The van der Waals surface area contributed by atoms with E-state index in [2.05, 4.69) is 9.83 Å². The first kappa shape index (κ1) is 7.62. The van der Waals surface area contributed by atoms with Crippen LogP contribution in [0.25, 0.3) is 15.9 Å². The molecule has 0 fully saturated rings. The number of nitrogen functional groups attached to an aromatic ring is 1. The zero-order chi connectivity index (χ0) is 9.26. The molecule has 0 aliphatic rings. The van der Waals surface area contributed by atoms with Gasteiger partial charge in [0.25, 0.3) is 6.67 Å². The van der Waals surface area contributed by atoms with Gasteiger partial charge in [0.05, 0.1) is 11.0 Å². The topological polar surface area (TPSA) is 48.2 Å². The molecule has 13 heavy (non-hydrogen) atoms. The number of aromatic nitrogens is 2. The lowest BCUT2D eigenvalue weighted by Crippen LogP contribution is -1.91. The molecule has 0 saturated carbocycles. The van der Waals surface area contributed by atoms with Crippen molar-refractivity contribution < 1.29 is 0 Å². The second-order valence-electron chi connectivity index (χ2n) is 2.76. The molecule has 0 saturated heterocycles. The quantitative estimate of drug-likeness (QED) is 0.523. The molecule has 2 rings (SSSR count). The van der Waals surface area contributed by atoms with Crippen LogP contribution < -0.4 is 5.73 Å². The predicted octanol–water partition coefficient (Wildman–Crippen LogP) is 1.50. The van der Waals surface area contributed by atoms with Gasteiger partial charge in [-0.1, -0.05) is 0 Å². The summed E-state index contributed by atoms with van der Waals surface area (Å²) in [5.74, 6) is 0. The lowest BCUT2D eigenvalue weighted by Gasteiger charge is -1.95. The van der Waals surface area contributed by atoms with Gasteiger partial charge in [0, 0.05) is 5.69 Å². The van der Waals surface area contributed by atoms with E-state index in [4.69, 9.17) is 12.3 Å². The summed E-state index contributed by atoms with van der Waals surface area (Å²) >= 11 is 0. The average Bonchev–Trinajstić information content (AvgIpc) is 2.49. The number of nitrogens with zero attached hydrogens (tertiary/aromatic N) is 3. The number of fused-ring (bicyclic) bond motifs is 1. The molecule has 1 aromatic heterocycles. The number of benzene rings is 1. The molecule has 1 aromatic carbocycles. The van der Waals surface area contributed by atoms with Crippen LogP contribution in [0.4, 0.5) is 5.69 Å². The van der Waals surface area contributed by atoms with Gasteiger partial charge < -0.3 is 5.73 Å². The second-order valence-corrected chi connectivity index (χ2v) is 2.76. The monoisotopic (exact) mass is 172 g/mol. The van der Waals surface area contributed by atoms with Crippen molar-refractivity contribution in [1.29, 1.82) is 0 Å². The molecular weight excluding hydrogens is 164 g/mol. The molecule has 0 aliphatic heterocycles. The Morgan fingerprint density at radius 3 is 3.15 bits per heavy atom. The number of anilines is 1. The summed E-state index contributed by atoms with van der Waals surface area (Å²) < 4.78 is 1.78. The number of hydrogen-bond acceptors (Lipinski definition) is 2. The van der Waals surface area contributed by atoms with E-state index in [0.717, 1.165) is 11.0 Å². The Morgan fingerprint density at radius 2 is 2.38 bits per heavy atom. The highest BCUT2D eigenvalue weighted by molar-refractivity contribution is 5.78. The Bertz CT molecular complexity index is 478. The third-order valence-corrected chi connectivity index (χ3v) is 1.87. The summed E-state index contributed by atoms with van der Waals surface area (Å²) in [5, 5.41) is 0. The number of hydrogen-bond donors (Lipinski definition) is 1. The first-order valence-corrected chi connectivity index (χ1v) is 3.85. The van der Waals surface area contributed by atoms with Crippen LogP contribution >= 0.6 is 0 Å². The van der Waals surface area contributed by atoms with Gasteiger partial charge in [-0.15, -0.1) is 0 Å². The number of nitrogens with two attached hydrogens (primary N) is 1. The molecular formula is C9H8N4. The molecule has 0 amide bonds. The van der Waals surface area contributed by atoms with Crippen molar-refractivity contribution in [3.05, 3.63) is 35.9 Å². The van der Waals surface area contributed by atoms with Gasteiger partial charge >= 0.3 is 0 Å². The Balaban J connectivity index is 2.66. The number of imidazole rings is 1. The fourth-order valence-corrected chi connectivity index (χ4v) is 1.26.